The van der Waals surface area contributed by atoms with Crippen LogP contribution in [-0.2, 0) is 19.1 Å². The maximum absolute atomic E-state index is 12.1. The van der Waals surface area contributed by atoms with Gasteiger partial charge in [0.25, 0.3) is 0 Å². The topological polar surface area (TPSA) is 76.4 Å². The zero-order chi connectivity index (χ0) is 14.9. The highest BCUT2D eigenvalue weighted by atomic mass is 16.6. The number of nitrogens with zero attached hydrogens (tertiary/aromatic N) is 1. The third-order valence-corrected chi connectivity index (χ3v) is 4.58. The summed E-state index contributed by atoms with van der Waals surface area (Å²) in [4.78, 5) is 24.1. The van der Waals surface area contributed by atoms with Crippen LogP contribution in [0.4, 0.5) is 0 Å². The summed E-state index contributed by atoms with van der Waals surface area (Å²) in [5, 5.41) is 9.11. The van der Waals surface area contributed by atoms with Gasteiger partial charge in [0.2, 0.25) is 6.10 Å². The highest BCUT2D eigenvalue weighted by Crippen LogP contribution is 2.40. The fraction of sp³-hybridized carbons (Fsp3) is 0.800. The second-order valence-electron chi connectivity index (χ2n) is 6.30. The smallest absolute Gasteiger partial charge is 0.348 e. The van der Waals surface area contributed by atoms with E-state index in [1.807, 2.05) is 6.92 Å². The van der Waals surface area contributed by atoms with Gasteiger partial charge in [-0.3, -0.25) is 4.79 Å². The largest absolute Gasteiger partial charge is 0.458 e. The Labute approximate surface area is 119 Å². The van der Waals surface area contributed by atoms with Crippen LogP contribution in [0.1, 0.15) is 46.5 Å². The Hall–Kier alpha value is -1.57. The van der Waals surface area contributed by atoms with Gasteiger partial charge in [0.05, 0.1) is 17.4 Å². The fourth-order valence-electron chi connectivity index (χ4n) is 2.76. The zero-order valence-corrected chi connectivity index (χ0v) is 12.2. The van der Waals surface area contributed by atoms with Crippen molar-refractivity contribution in [2.24, 2.45) is 17.3 Å². The third kappa shape index (κ3) is 2.52. The molecule has 1 saturated carbocycles. The molecule has 0 bridgehead atoms. The first-order chi connectivity index (χ1) is 9.40. The Morgan fingerprint density at radius 1 is 1.50 bits per heavy atom. The summed E-state index contributed by atoms with van der Waals surface area (Å²) in [5.41, 5.74) is -0.609. The van der Waals surface area contributed by atoms with Crippen LogP contribution in [-0.4, -0.2) is 24.1 Å². The van der Waals surface area contributed by atoms with Gasteiger partial charge in [-0.25, -0.2) is 4.79 Å². The van der Waals surface area contributed by atoms with Crippen molar-refractivity contribution < 1.29 is 19.1 Å². The molecule has 0 aromatic heterocycles. The summed E-state index contributed by atoms with van der Waals surface area (Å²) < 4.78 is 10.7. The number of fused-ring (bicyclic) bond motifs is 1. The summed E-state index contributed by atoms with van der Waals surface area (Å²) in [7, 11) is 0. The molecular formula is C15H21NO4. The van der Waals surface area contributed by atoms with Gasteiger partial charge in [-0.2, -0.15) is 5.26 Å². The van der Waals surface area contributed by atoms with Crippen LogP contribution < -0.4 is 0 Å². The Bertz CT molecular complexity index is 451. The molecule has 5 heteroatoms. The first kappa shape index (κ1) is 14.8. The Morgan fingerprint density at radius 3 is 2.80 bits per heavy atom. The van der Waals surface area contributed by atoms with Crippen LogP contribution in [0.25, 0.3) is 0 Å². The van der Waals surface area contributed by atoms with Gasteiger partial charge < -0.3 is 9.47 Å². The molecule has 4 unspecified atom stereocenters. The highest BCUT2D eigenvalue weighted by Gasteiger charge is 2.52. The number of nitriles is 1. The molecule has 2 fully saturated rings. The van der Waals surface area contributed by atoms with E-state index < -0.39 is 23.6 Å². The van der Waals surface area contributed by atoms with Crippen LogP contribution in [0.15, 0.2) is 0 Å². The van der Waals surface area contributed by atoms with Gasteiger partial charge >= 0.3 is 11.9 Å². The number of carbonyl (C=O) groups is 2. The predicted octanol–water partition coefficient (Wildman–Crippen LogP) is 2.20. The molecule has 1 heterocycles. The van der Waals surface area contributed by atoms with Crippen molar-refractivity contribution in [3.63, 3.8) is 0 Å². The summed E-state index contributed by atoms with van der Waals surface area (Å²) >= 11 is 0. The molecule has 1 saturated heterocycles. The first-order valence-corrected chi connectivity index (χ1v) is 7.22. The van der Waals surface area contributed by atoms with E-state index in [-0.39, 0.29) is 17.8 Å². The minimum atomic E-state index is -0.838. The van der Waals surface area contributed by atoms with Crippen molar-refractivity contribution in [3.05, 3.63) is 0 Å². The van der Waals surface area contributed by atoms with Gasteiger partial charge in [-0.1, -0.05) is 13.3 Å². The van der Waals surface area contributed by atoms with Crippen molar-refractivity contribution in [2.75, 3.05) is 0 Å². The Morgan fingerprint density at radius 2 is 2.20 bits per heavy atom. The molecule has 110 valence electrons. The summed E-state index contributed by atoms with van der Waals surface area (Å²) in [6.45, 7) is 5.50. The second kappa shape index (κ2) is 5.43. The lowest BCUT2D eigenvalue weighted by molar-refractivity contribution is -0.168. The normalized spacial score (nSPS) is 33.0. The van der Waals surface area contributed by atoms with E-state index >= 15 is 0 Å². The maximum Gasteiger partial charge on any atom is 0.348 e. The maximum atomic E-state index is 12.1. The van der Waals surface area contributed by atoms with Crippen LogP contribution in [0.3, 0.4) is 0 Å². The van der Waals surface area contributed by atoms with Crippen molar-refractivity contribution in [1.29, 1.82) is 5.26 Å². The molecular weight excluding hydrogens is 258 g/mol. The molecule has 0 N–H and O–H groups in total. The number of hydrogen-bond acceptors (Lipinski definition) is 5. The molecule has 0 aromatic rings. The number of hydrogen-bond donors (Lipinski definition) is 0. The second-order valence-corrected chi connectivity index (χ2v) is 6.30. The lowest BCUT2D eigenvalue weighted by Crippen LogP contribution is -2.38. The average Bonchev–Trinajstić information content (AvgIpc) is 2.75. The lowest BCUT2D eigenvalue weighted by Gasteiger charge is -2.30. The molecule has 0 amide bonds. The number of esters is 2. The van der Waals surface area contributed by atoms with Gasteiger partial charge in [-0.05, 0) is 33.1 Å². The van der Waals surface area contributed by atoms with Gasteiger partial charge in [0, 0.05) is 5.92 Å². The average molecular weight is 279 g/mol. The number of rotatable bonds is 3. The molecule has 4 atom stereocenters. The molecule has 0 radical (unpaired) electrons. The van der Waals surface area contributed by atoms with Crippen molar-refractivity contribution in [3.8, 4) is 6.07 Å². The lowest BCUT2D eigenvalue weighted by atomic mass is 9.78. The standard InChI is InChI=1S/C15H21NO4/c1-4-15(2,3)14(18)20-12-10-7-5-6-9(8-16)11(10)19-13(12)17/h9-12H,4-7H2,1-3H3. The zero-order valence-electron chi connectivity index (χ0n) is 12.2. The Kier molecular flexibility index (Phi) is 4.03. The van der Waals surface area contributed by atoms with Crippen LogP contribution >= 0.6 is 0 Å². The first-order valence-electron chi connectivity index (χ1n) is 7.22. The van der Waals surface area contributed by atoms with Crippen molar-refractivity contribution in [2.45, 2.75) is 58.7 Å². The summed E-state index contributed by atoms with van der Waals surface area (Å²) in [6.07, 6.45) is 1.76. The molecule has 1 aliphatic heterocycles. The van der Waals surface area contributed by atoms with Crippen LogP contribution in [0, 0.1) is 28.6 Å². The quantitative estimate of drug-likeness (QED) is 0.740. The summed E-state index contributed by atoms with van der Waals surface area (Å²) in [6, 6.07) is 2.19. The third-order valence-electron chi connectivity index (χ3n) is 4.58. The van der Waals surface area contributed by atoms with E-state index in [0.717, 1.165) is 19.3 Å². The molecule has 0 spiro atoms. The van der Waals surface area contributed by atoms with Gasteiger partial charge in [-0.15, -0.1) is 0 Å². The molecule has 1 aliphatic carbocycles. The van der Waals surface area contributed by atoms with E-state index in [1.54, 1.807) is 13.8 Å². The molecule has 0 aromatic carbocycles. The van der Waals surface area contributed by atoms with E-state index in [1.165, 1.54) is 0 Å². The number of ether oxygens (including phenoxy) is 2. The van der Waals surface area contributed by atoms with Crippen molar-refractivity contribution >= 4 is 11.9 Å². The molecule has 20 heavy (non-hydrogen) atoms. The van der Waals surface area contributed by atoms with E-state index in [4.69, 9.17) is 14.7 Å². The minimum Gasteiger partial charge on any atom is -0.458 e. The summed E-state index contributed by atoms with van der Waals surface area (Å²) in [5.74, 6) is -1.32. The van der Waals surface area contributed by atoms with E-state index in [9.17, 15) is 9.59 Å². The monoisotopic (exact) mass is 279 g/mol. The highest BCUT2D eigenvalue weighted by molar-refractivity contribution is 5.83. The van der Waals surface area contributed by atoms with Crippen molar-refractivity contribution in [1.82, 2.24) is 0 Å². The molecule has 2 aliphatic rings. The molecule has 5 nitrogen and oxygen atoms in total. The van der Waals surface area contributed by atoms with Crippen LogP contribution in [0.5, 0.6) is 0 Å². The SMILES string of the molecule is CCC(C)(C)C(=O)OC1C(=O)OC2C(C#N)CCCC12. The predicted molar refractivity (Wildman–Crippen MR) is 70.3 cm³/mol. The Balaban J connectivity index is 2.11. The molecule has 2 rings (SSSR count). The number of carbonyl (C=O) groups excluding carboxylic acids is 2. The van der Waals surface area contributed by atoms with E-state index in [2.05, 4.69) is 6.07 Å². The van der Waals surface area contributed by atoms with Crippen LogP contribution in [0.2, 0.25) is 0 Å². The minimum absolute atomic E-state index is 0.169. The fourth-order valence-corrected chi connectivity index (χ4v) is 2.76. The van der Waals surface area contributed by atoms with Gasteiger partial charge in [0.1, 0.15) is 6.10 Å². The van der Waals surface area contributed by atoms with E-state index in [0.29, 0.717) is 6.42 Å². The van der Waals surface area contributed by atoms with Gasteiger partial charge in [0.15, 0.2) is 0 Å².